The number of nitrogens with one attached hydrogen (secondary N) is 3. The lowest BCUT2D eigenvalue weighted by molar-refractivity contribution is -0.245. The third-order valence-electron chi connectivity index (χ3n) is 6.98. The third kappa shape index (κ3) is 7.99. The van der Waals surface area contributed by atoms with Crippen LogP contribution in [0.15, 0.2) is 35.8 Å². The largest absolute Gasteiger partial charge is 0.465 e. The van der Waals surface area contributed by atoms with Gasteiger partial charge in [-0.2, -0.15) is 10.0 Å². The molecule has 226 valence electrons. The van der Waals surface area contributed by atoms with Crippen LogP contribution in [0.25, 0.3) is 0 Å². The van der Waals surface area contributed by atoms with Gasteiger partial charge in [0.2, 0.25) is 5.95 Å². The number of nitrogens with zero attached hydrogens (tertiary/aromatic N) is 4. The SMILES string of the molecule is CCCCOC(=O)Cc1csc(Nc2nc(Nc3ccc(C(=O)NC4CC(C)(C)N(O)C(C)(C)C4)cc3)ncc2F)n1. The number of piperidine rings is 1. The van der Waals surface area contributed by atoms with Gasteiger partial charge in [0, 0.05) is 33.8 Å². The van der Waals surface area contributed by atoms with E-state index in [1.807, 2.05) is 34.6 Å². The molecule has 3 aromatic rings. The number of aromatic nitrogens is 3. The van der Waals surface area contributed by atoms with Crippen molar-refractivity contribution in [2.24, 2.45) is 0 Å². The number of hydrogen-bond acceptors (Lipinski definition) is 11. The highest BCUT2D eigenvalue weighted by Gasteiger charge is 2.45. The number of anilines is 4. The summed E-state index contributed by atoms with van der Waals surface area (Å²) in [6, 6.07) is 6.71. The summed E-state index contributed by atoms with van der Waals surface area (Å²) in [6.07, 6.45) is 4.05. The number of carbonyl (C=O) groups excluding carboxylic acids is 2. The Morgan fingerprint density at radius 1 is 1.12 bits per heavy atom. The van der Waals surface area contributed by atoms with Crippen molar-refractivity contribution in [2.75, 3.05) is 17.2 Å². The van der Waals surface area contributed by atoms with Crippen molar-refractivity contribution in [2.45, 2.75) is 83.8 Å². The molecule has 1 saturated heterocycles. The lowest BCUT2D eigenvalue weighted by Gasteiger charge is -2.51. The molecule has 3 heterocycles. The number of benzene rings is 1. The van der Waals surface area contributed by atoms with Crippen LogP contribution < -0.4 is 16.0 Å². The fourth-order valence-electron chi connectivity index (χ4n) is 5.07. The maximum Gasteiger partial charge on any atom is 0.311 e. The summed E-state index contributed by atoms with van der Waals surface area (Å²) in [5, 5.41) is 22.9. The van der Waals surface area contributed by atoms with Crippen LogP contribution in [-0.4, -0.2) is 60.8 Å². The molecule has 1 aliphatic heterocycles. The van der Waals surface area contributed by atoms with Gasteiger partial charge in [-0.1, -0.05) is 13.3 Å². The average Bonchev–Trinajstić information content (AvgIpc) is 3.35. The fourth-order valence-corrected chi connectivity index (χ4v) is 5.78. The number of hydrogen-bond donors (Lipinski definition) is 4. The lowest BCUT2D eigenvalue weighted by atomic mass is 9.79. The standard InChI is InChI=1S/C29H38FN7O4S/c1-6-7-12-41-23(38)13-20-17-42-27(34-20)36-24-22(30)16-31-26(35-24)33-19-10-8-18(9-11-19)25(39)32-21-14-28(2,3)37(40)29(4,5)15-21/h8-11,16-17,21,40H,6-7,12-15H2,1-5H3,(H,32,39)(H2,31,33,34,35,36). The van der Waals surface area contributed by atoms with Gasteiger partial charge in [0.1, 0.15) is 0 Å². The van der Waals surface area contributed by atoms with Crippen molar-refractivity contribution in [1.82, 2.24) is 25.3 Å². The molecule has 0 bridgehead atoms. The zero-order valence-corrected chi connectivity index (χ0v) is 25.3. The van der Waals surface area contributed by atoms with Crippen molar-refractivity contribution in [1.29, 1.82) is 0 Å². The second-order valence-corrected chi connectivity index (χ2v) is 12.5. The van der Waals surface area contributed by atoms with Crippen molar-refractivity contribution in [3.05, 3.63) is 52.9 Å². The summed E-state index contributed by atoms with van der Waals surface area (Å²) in [5.41, 5.74) is 0.671. The number of thiazole rings is 1. The number of carbonyl (C=O) groups is 2. The molecule has 13 heteroatoms. The van der Waals surface area contributed by atoms with Crippen molar-refractivity contribution < 1.29 is 23.9 Å². The van der Waals surface area contributed by atoms with Crippen LogP contribution in [0.4, 0.5) is 27.0 Å². The Labute approximate surface area is 248 Å². The van der Waals surface area contributed by atoms with E-state index in [-0.39, 0.29) is 36.1 Å². The van der Waals surface area contributed by atoms with Crippen LogP contribution >= 0.6 is 11.3 Å². The van der Waals surface area contributed by atoms with E-state index in [1.54, 1.807) is 29.6 Å². The number of halogens is 1. The average molecular weight is 600 g/mol. The number of hydroxylamine groups is 2. The van der Waals surface area contributed by atoms with Gasteiger partial charge in [0.15, 0.2) is 16.8 Å². The first-order valence-corrected chi connectivity index (χ1v) is 14.8. The minimum absolute atomic E-state index is 0.0346. The van der Waals surface area contributed by atoms with Gasteiger partial charge in [-0.05, 0) is 71.2 Å². The van der Waals surface area contributed by atoms with Crippen LogP contribution in [0.1, 0.15) is 76.4 Å². The van der Waals surface area contributed by atoms with Crippen LogP contribution in [0, 0.1) is 5.82 Å². The van der Waals surface area contributed by atoms with Crippen molar-refractivity contribution >= 4 is 45.8 Å². The highest BCUT2D eigenvalue weighted by molar-refractivity contribution is 7.13. The summed E-state index contributed by atoms with van der Waals surface area (Å²) in [6.45, 7) is 10.2. The summed E-state index contributed by atoms with van der Waals surface area (Å²) in [4.78, 5) is 37.4. The van der Waals surface area contributed by atoms with E-state index >= 15 is 0 Å². The molecule has 0 aliphatic carbocycles. The Morgan fingerprint density at radius 2 is 1.81 bits per heavy atom. The predicted molar refractivity (Wildman–Crippen MR) is 159 cm³/mol. The molecule has 0 unspecified atom stereocenters. The Morgan fingerprint density at radius 3 is 2.48 bits per heavy atom. The Hall–Kier alpha value is -3.68. The molecule has 0 atom stereocenters. The van der Waals surface area contributed by atoms with E-state index in [4.69, 9.17) is 4.74 Å². The molecule has 1 aliphatic rings. The molecule has 1 aromatic carbocycles. The molecule has 4 N–H and O–H groups in total. The molecule has 1 amide bonds. The second-order valence-electron chi connectivity index (χ2n) is 11.6. The minimum Gasteiger partial charge on any atom is -0.465 e. The van der Waals surface area contributed by atoms with Crippen molar-refractivity contribution in [3.63, 3.8) is 0 Å². The molecule has 0 spiro atoms. The van der Waals surface area contributed by atoms with Crippen molar-refractivity contribution in [3.8, 4) is 0 Å². The number of rotatable bonds is 11. The second kappa shape index (κ2) is 13.1. The van der Waals surface area contributed by atoms with E-state index in [0.717, 1.165) is 19.0 Å². The maximum absolute atomic E-state index is 14.5. The van der Waals surface area contributed by atoms with Gasteiger partial charge in [-0.25, -0.2) is 14.4 Å². The van der Waals surface area contributed by atoms with Crippen LogP contribution in [0.5, 0.6) is 0 Å². The summed E-state index contributed by atoms with van der Waals surface area (Å²) in [7, 11) is 0. The first kappa shape index (κ1) is 31.3. The normalized spacial score (nSPS) is 16.5. The summed E-state index contributed by atoms with van der Waals surface area (Å²) < 4.78 is 19.6. The quantitative estimate of drug-likeness (QED) is 0.163. The molecule has 2 aromatic heterocycles. The Kier molecular flexibility index (Phi) is 9.74. The topological polar surface area (TPSA) is 142 Å². The Balaban J connectivity index is 1.34. The molecular weight excluding hydrogens is 561 g/mol. The molecule has 11 nitrogen and oxygen atoms in total. The minimum atomic E-state index is -0.665. The molecular formula is C29H38FN7O4S. The fraction of sp³-hybridized carbons (Fsp3) is 0.483. The van der Waals surface area contributed by atoms with E-state index in [2.05, 4.69) is 30.9 Å². The Bertz CT molecular complexity index is 1380. The summed E-state index contributed by atoms with van der Waals surface area (Å²) in [5.74, 6) is -1.15. The first-order valence-electron chi connectivity index (χ1n) is 13.9. The molecule has 1 fully saturated rings. The number of esters is 1. The number of unbranched alkanes of at least 4 members (excludes halogenated alkanes) is 1. The monoisotopic (exact) mass is 599 g/mol. The highest BCUT2D eigenvalue weighted by Crippen LogP contribution is 2.36. The molecule has 0 saturated carbocycles. The van der Waals surface area contributed by atoms with E-state index in [9.17, 15) is 19.2 Å². The lowest BCUT2D eigenvalue weighted by Crippen LogP contribution is -2.62. The molecule has 42 heavy (non-hydrogen) atoms. The van der Waals surface area contributed by atoms with E-state index in [1.165, 1.54) is 16.4 Å². The maximum atomic E-state index is 14.5. The first-order chi connectivity index (χ1) is 19.9. The molecule has 0 radical (unpaired) electrons. The van der Waals surface area contributed by atoms with Gasteiger partial charge < -0.3 is 25.9 Å². The van der Waals surface area contributed by atoms with E-state index < -0.39 is 16.9 Å². The highest BCUT2D eigenvalue weighted by atomic mass is 32.1. The number of amides is 1. The number of ether oxygens (including phenoxy) is 1. The van der Waals surface area contributed by atoms with Gasteiger partial charge in [-0.3, -0.25) is 9.59 Å². The van der Waals surface area contributed by atoms with Gasteiger partial charge in [0.05, 0.1) is 24.9 Å². The smallest absolute Gasteiger partial charge is 0.311 e. The predicted octanol–water partition coefficient (Wildman–Crippen LogP) is 5.59. The van der Waals surface area contributed by atoms with Crippen LogP contribution in [-0.2, 0) is 16.0 Å². The van der Waals surface area contributed by atoms with Gasteiger partial charge in [-0.15, -0.1) is 11.3 Å². The zero-order chi connectivity index (χ0) is 30.5. The zero-order valence-electron chi connectivity index (χ0n) is 24.5. The van der Waals surface area contributed by atoms with Gasteiger partial charge in [0.25, 0.3) is 5.91 Å². The van der Waals surface area contributed by atoms with Crippen LogP contribution in [0.3, 0.4) is 0 Å². The van der Waals surface area contributed by atoms with E-state index in [0.29, 0.717) is 41.5 Å². The molecule has 4 rings (SSSR count). The van der Waals surface area contributed by atoms with Gasteiger partial charge >= 0.3 is 5.97 Å². The van der Waals surface area contributed by atoms with Crippen LogP contribution in [0.2, 0.25) is 0 Å². The third-order valence-corrected chi connectivity index (χ3v) is 7.79. The summed E-state index contributed by atoms with van der Waals surface area (Å²) >= 11 is 1.22.